The fourth-order valence-corrected chi connectivity index (χ4v) is 2.43. The summed E-state index contributed by atoms with van der Waals surface area (Å²) in [5, 5.41) is 11.3. The Balaban J connectivity index is 1.71. The molecule has 0 atom stereocenters. The van der Waals surface area contributed by atoms with Gasteiger partial charge >= 0.3 is 0 Å². The lowest BCUT2D eigenvalue weighted by atomic mass is 10.2. The fraction of sp³-hybridized carbons (Fsp3) is 0.0500. The number of hydrogen-bond donors (Lipinski definition) is 0. The molecule has 0 aliphatic heterocycles. The molecule has 0 saturated heterocycles. The van der Waals surface area contributed by atoms with Gasteiger partial charge in [0.05, 0.1) is 17.7 Å². The molecule has 0 amide bonds. The van der Waals surface area contributed by atoms with E-state index in [0.717, 1.165) is 5.75 Å². The maximum atomic E-state index is 10.9. The van der Waals surface area contributed by atoms with E-state index < -0.39 is 4.92 Å². The Bertz CT molecular complexity index is 970. The standard InChI is InChI=1S/C20H15ClN2O4/c1-26-17-7-9-19(10-8-17)27-18-5-2-15(3-6-18)22-13-14-12-16(23(24)25)4-11-20(14)21/h2-13H,1H3. The Hall–Kier alpha value is -3.38. The molecule has 0 saturated carbocycles. The molecular formula is C20H15ClN2O4. The van der Waals surface area contributed by atoms with Gasteiger partial charge in [-0.25, -0.2) is 0 Å². The van der Waals surface area contributed by atoms with Gasteiger partial charge in [-0.2, -0.15) is 0 Å². The highest BCUT2D eigenvalue weighted by atomic mass is 35.5. The van der Waals surface area contributed by atoms with Crippen LogP contribution in [0, 0.1) is 10.1 Å². The molecular weight excluding hydrogens is 368 g/mol. The third-order valence-corrected chi connectivity index (χ3v) is 4.02. The molecule has 3 rings (SSSR count). The first-order valence-corrected chi connectivity index (χ1v) is 8.33. The fourth-order valence-electron chi connectivity index (χ4n) is 2.27. The minimum Gasteiger partial charge on any atom is -0.497 e. The number of aliphatic imine (C=N–C) groups is 1. The van der Waals surface area contributed by atoms with E-state index in [2.05, 4.69) is 4.99 Å². The van der Waals surface area contributed by atoms with E-state index in [0.29, 0.717) is 27.8 Å². The van der Waals surface area contributed by atoms with Crippen molar-refractivity contribution in [2.45, 2.75) is 0 Å². The summed E-state index contributed by atoms with van der Waals surface area (Å²) < 4.78 is 10.9. The van der Waals surface area contributed by atoms with E-state index in [1.807, 2.05) is 24.3 Å². The molecule has 0 aromatic heterocycles. The summed E-state index contributed by atoms with van der Waals surface area (Å²) in [6.45, 7) is 0. The van der Waals surface area contributed by atoms with Gasteiger partial charge in [-0.15, -0.1) is 0 Å². The van der Waals surface area contributed by atoms with Crippen molar-refractivity contribution < 1.29 is 14.4 Å². The van der Waals surface area contributed by atoms with E-state index in [1.54, 1.807) is 31.4 Å². The van der Waals surface area contributed by atoms with Crippen molar-refractivity contribution in [2.75, 3.05) is 7.11 Å². The Labute approximate surface area is 160 Å². The number of methoxy groups -OCH3 is 1. The van der Waals surface area contributed by atoms with Gasteiger partial charge in [-0.1, -0.05) is 11.6 Å². The van der Waals surface area contributed by atoms with Gasteiger partial charge in [0, 0.05) is 28.9 Å². The zero-order valence-corrected chi connectivity index (χ0v) is 15.1. The summed E-state index contributed by atoms with van der Waals surface area (Å²) in [5.74, 6) is 2.11. The van der Waals surface area contributed by atoms with Crippen molar-refractivity contribution in [1.82, 2.24) is 0 Å². The number of halogens is 1. The predicted molar refractivity (Wildman–Crippen MR) is 105 cm³/mol. The molecule has 0 bridgehead atoms. The molecule has 136 valence electrons. The molecule has 6 nitrogen and oxygen atoms in total. The van der Waals surface area contributed by atoms with Crippen molar-refractivity contribution in [1.29, 1.82) is 0 Å². The van der Waals surface area contributed by atoms with Gasteiger partial charge in [0.2, 0.25) is 0 Å². The van der Waals surface area contributed by atoms with Gasteiger partial charge in [0.15, 0.2) is 0 Å². The average molecular weight is 383 g/mol. The van der Waals surface area contributed by atoms with Crippen LogP contribution in [0.4, 0.5) is 11.4 Å². The van der Waals surface area contributed by atoms with Crippen molar-refractivity contribution in [2.24, 2.45) is 4.99 Å². The first-order chi connectivity index (χ1) is 13.0. The minimum absolute atomic E-state index is 0.0379. The lowest BCUT2D eigenvalue weighted by molar-refractivity contribution is -0.384. The zero-order chi connectivity index (χ0) is 19.2. The molecule has 0 spiro atoms. The van der Waals surface area contributed by atoms with Crippen LogP contribution in [0.1, 0.15) is 5.56 Å². The Morgan fingerprint density at radius 2 is 1.56 bits per heavy atom. The second-order valence-electron chi connectivity index (χ2n) is 5.49. The highest BCUT2D eigenvalue weighted by Crippen LogP contribution is 2.26. The van der Waals surface area contributed by atoms with E-state index in [-0.39, 0.29) is 5.69 Å². The third-order valence-electron chi connectivity index (χ3n) is 3.67. The molecule has 0 radical (unpaired) electrons. The van der Waals surface area contributed by atoms with Gasteiger partial charge < -0.3 is 9.47 Å². The summed E-state index contributed by atoms with van der Waals surface area (Å²) in [6, 6.07) is 18.6. The smallest absolute Gasteiger partial charge is 0.270 e. The van der Waals surface area contributed by atoms with Crippen LogP contribution >= 0.6 is 11.6 Å². The Morgan fingerprint density at radius 1 is 0.963 bits per heavy atom. The third kappa shape index (κ3) is 4.83. The summed E-state index contributed by atoms with van der Waals surface area (Å²) >= 11 is 6.06. The van der Waals surface area contributed by atoms with Gasteiger partial charge in [-0.05, 0) is 54.6 Å². The van der Waals surface area contributed by atoms with Crippen LogP contribution in [-0.2, 0) is 0 Å². The monoisotopic (exact) mass is 382 g/mol. The van der Waals surface area contributed by atoms with Gasteiger partial charge in [-0.3, -0.25) is 15.1 Å². The lowest BCUT2D eigenvalue weighted by Crippen LogP contribution is -1.90. The first-order valence-electron chi connectivity index (χ1n) is 7.95. The minimum atomic E-state index is -0.473. The zero-order valence-electron chi connectivity index (χ0n) is 14.3. The molecule has 0 aliphatic rings. The van der Waals surface area contributed by atoms with Crippen LogP contribution < -0.4 is 9.47 Å². The normalized spacial score (nSPS) is 10.7. The lowest BCUT2D eigenvalue weighted by Gasteiger charge is -2.06. The van der Waals surface area contributed by atoms with E-state index in [1.165, 1.54) is 24.4 Å². The number of ether oxygens (including phenoxy) is 2. The Morgan fingerprint density at radius 3 is 2.15 bits per heavy atom. The number of nitro benzene ring substituents is 1. The summed E-state index contributed by atoms with van der Waals surface area (Å²) in [7, 11) is 1.61. The van der Waals surface area contributed by atoms with Gasteiger partial charge in [0.1, 0.15) is 17.2 Å². The second kappa shape index (κ2) is 8.33. The summed E-state index contributed by atoms with van der Waals surface area (Å²) in [4.78, 5) is 14.7. The van der Waals surface area contributed by atoms with Crippen LogP contribution in [0.2, 0.25) is 5.02 Å². The SMILES string of the molecule is COc1ccc(Oc2ccc(N=Cc3cc([N+](=O)[O-])ccc3Cl)cc2)cc1. The molecule has 0 fully saturated rings. The quantitative estimate of drug-likeness (QED) is 0.307. The van der Waals surface area contributed by atoms with Crippen molar-refractivity contribution in [3.63, 3.8) is 0 Å². The predicted octanol–water partition coefficient (Wildman–Crippen LogP) is 5.80. The molecule has 0 N–H and O–H groups in total. The van der Waals surface area contributed by atoms with Crippen LogP contribution in [0.3, 0.4) is 0 Å². The number of benzene rings is 3. The van der Waals surface area contributed by atoms with Crippen molar-refractivity contribution in [3.8, 4) is 17.2 Å². The number of nitro groups is 1. The number of hydrogen-bond acceptors (Lipinski definition) is 5. The van der Waals surface area contributed by atoms with Crippen molar-refractivity contribution in [3.05, 3.63) is 87.4 Å². The average Bonchev–Trinajstić information content (AvgIpc) is 2.69. The van der Waals surface area contributed by atoms with Crippen LogP contribution in [0.25, 0.3) is 0 Å². The summed E-state index contributed by atoms with van der Waals surface area (Å²) in [6.07, 6.45) is 1.49. The largest absolute Gasteiger partial charge is 0.497 e. The summed E-state index contributed by atoms with van der Waals surface area (Å²) in [5.41, 5.74) is 1.10. The second-order valence-corrected chi connectivity index (χ2v) is 5.90. The topological polar surface area (TPSA) is 74.0 Å². The Kier molecular flexibility index (Phi) is 5.68. The first kappa shape index (κ1) is 18.4. The van der Waals surface area contributed by atoms with Gasteiger partial charge in [0.25, 0.3) is 5.69 Å². The van der Waals surface area contributed by atoms with Crippen molar-refractivity contribution >= 4 is 29.2 Å². The highest BCUT2D eigenvalue weighted by molar-refractivity contribution is 6.33. The number of nitrogens with zero attached hydrogens (tertiary/aromatic N) is 2. The van der Waals surface area contributed by atoms with E-state index >= 15 is 0 Å². The number of non-ortho nitro benzene ring substituents is 1. The van der Waals surface area contributed by atoms with E-state index in [4.69, 9.17) is 21.1 Å². The molecule has 27 heavy (non-hydrogen) atoms. The molecule has 0 heterocycles. The molecule has 0 unspecified atom stereocenters. The van der Waals surface area contributed by atoms with Crippen LogP contribution in [0.5, 0.6) is 17.2 Å². The highest BCUT2D eigenvalue weighted by Gasteiger charge is 2.08. The molecule has 0 aliphatic carbocycles. The number of rotatable bonds is 6. The molecule has 7 heteroatoms. The maximum Gasteiger partial charge on any atom is 0.270 e. The van der Waals surface area contributed by atoms with E-state index in [9.17, 15) is 10.1 Å². The maximum absolute atomic E-state index is 10.9. The molecule has 3 aromatic carbocycles. The van der Waals surface area contributed by atoms with Crippen LogP contribution in [0.15, 0.2) is 71.7 Å². The van der Waals surface area contributed by atoms with Crippen LogP contribution in [-0.4, -0.2) is 18.2 Å². The molecule has 3 aromatic rings.